The van der Waals surface area contributed by atoms with Crippen LogP contribution in [0.2, 0.25) is 10.0 Å². The Morgan fingerprint density at radius 3 is 2.13 bits per heavy atom. The Morgan fingerprint density at radius 2 is 1.57 bits per heavy atom. The highest BCUT2D eigenvalue weighted by Crippen LogP contribution is 2.35. The number of furan rings is 1. The second kappa shape index (κ2) is 6.70. The standard InChI is InChI=1S/C22H8Cl2N2O4/c23-15-5-12-13(6-16(15)24)21(28)14(20(12)27)7-19-26-22-18(29-19)8-17(30-22)11-3-1-10(9-25)2-4-11/h1-8H. The SMILES string of the molecule is N#Cc1ccc(-c2cc3oc(C=C4C(=O)c5cc(Cl)c(Cl)cc5C4=O)nc3o2)cc1. The summed E-state index contributed by atoms with van der Waals surface area (Å²) in [5.74, 6) is -0.357. The number of nitrogens with zero attached hydrogens (tertiary/aromatic N) is 2. The zero-order valence-electron chi connectivity index (χ0n) is 14.9. The van der Waals surface area contributed by atoms with Crippen LogP contribution >= 0.6 is 23.2 Å². The summed E-state index contributed by atoms with van der Waals surface area (Å²) in [5.41, 5.74) is 2.19. The first-order chi connectivity index (χ1) is 14.4. The van der Waals surface area contributed by atoms with Gasteiger partial charge in [-0.1, -0.05) is 23.2 Å². The van der Waals surface area contributed by atoms with Gasteiger partial charge < -0.3 is 8.83 Å². The Labute approximate surface area is 178 Å². The van der Waals surface area contributed by atoms with Gasteiger partial charge in [-0.25, -0.2) is 0 Å². The number of ketones is 2. The molecule has 8 heteroatoms. The van der Waals surface area contributed by atoms with Gasteiger partial charge in [0.05, 0.1) is 27.3 Å². The average Bonchev–Trinajstić information content (AvgIpc) is 3.37. The molecule has 0 saturated carbocycles. The molecule has 0 radical (unpaired) electrons. The van der Waals surface area contributed by atoms with E-state index >= 15 is 0 Å². The summed E-state index contributed by atoms with van der Waals surface area (Å²) in [7, 11) is 0. The fraction of sp³-hybridized carbons (Fsp3) is 0. The highest BCUT2D eigenvalue weighted by molar-refractivity contribution is 6.46. The summed E-state index contributed by atoms with van der Waals surface area (Å²) in [6.45, 7) is 0. The van der Waals surface area contributed by atoms with Gasteiger partial charge in [0.2, 0.25) is 5.89 Å². The van der Waals surface area contributed by atoms with Crippen LogP contribution < -0.4 is 0 Å². The number of carbonyl (C=O) groups is 2. The third-order valence-corrected chi connectivity index (χ3v) is 5.43. The molecule has 2 aromatic carbocycles. The number of oxazole rings is 1. The van der Waals surface area contributed by atoms with Crippen molar-refractivity contribution in [3.8, 4) is 17.4 Å². The van der Waals surface area contributed by atoms with Crippen molar-refractivity contribution in [2.24, 2.45) is 0 Å². The molecule has 2 aromatic heterocycles. The van der Waals surface area contributed by atoms with Crippen molar-refractivity contribution >= 4 is 52.1 Å². The molecule has 0 amide bonds. The van der Waals surface area contributed by atoms with Crippen LogP contribution in [0.1, 0.15) is 32.2 Å². The quantitative estimate of drug-likeness (QED) is 0.295. The molecular weight excluding hydrogens is 427 g/mol. The van der Waals surface area contributed by atoms with Gasteiger partial charge in [0.15, 0.2) is 17.1 Å². The molecule has 0 unspecified atom stereocenters. The van der Waals surface area contributed by atoms with E-state index in [1.54, 1.807) is 30.3 Å². The van der Waals surface area contributed by atoms with Gasteiger partial charge in [-0.3, -0.25) is 9.59 Å². The minimum Gasteiger partial charge on any atom is -0.435 e. The molecule has 30 heavy (non-hydrogen) atoms. The summed E-state index contributed by atoms with van der Waals surface area (Å²) in [6, 6.07) is 13.3. The maximum Gasteiger partial charge on any atom is 0.266 e. The van der Waals surface area contributed by atoms with Gasteiger partial charge in [0.25, 0.3) is 5.71 Å². The number of Topliss-reactive ketones (excluding diaryl/α,β-unsaturated/α-hetero) is 2. The molecule has 0 N–H and O–H groups in total. The lowest BCUT2D eigenvalue weighted by atomic mass is 10.1. The normalized spacial score (nSPS) is 13.0. The van der Waals surface area contributed by atoms with Crippen LogP contribution in [0.25, 0.3) is 28.7 Å². The molecule has 0 spiro atoms. The number of benzene rings is 2. The maximum atomic E-state index is 12.6. The molecule has 4 aromatic rings. The van der Waals surface area contributed by atoms with Crippen molar-refractivity contribution in [3.05, 3.63) is 80.7 Å². The molecule has 0 bridgehead atoms. The molecule has 0 saturated heterocycles. The fourth-order valence-corrected chi connectivity index (χ4v) is 3.56. The molecule has 6 nitrogen and oxygen atoms in total. The van der Waals surface area contributed by atoms with Crippen LogP contribution in [0.15, 0.2) is 56.9 Å². The Kier molecular flexibility index (Phi) is 4.10. The third kappa shape index (κ3) is 2.84. The summed E-state index contributed by atoms with van der Waals surface area (Å²) in [6.07, 6.45) is 1.28. The van der Waals surface area contributed by atoms with Gasteiger partial charge in [-0.15, -0.1) is 0 Å². The summed E-state index contributed by atoms with van der Waals surface area (Å²) in [5, 5.41) is 9.28. The summed E-state index contributed by atoms with van der Waals surface area (Å²) < 4.78 is 11.3. The molecule has 0 fully saturated rings. The molecule has 1 aliphatic rings. The molecule has 144 valence electrons. The van der Waals surface area contributed by atoms with E-state index < -0.39 is 11.6 Å². The topological polar surface area (TPSA) is 97.1 Å². The number of fused-ring (bicyclic) bond motifs is 2. The predicted octanol–water partition coefficient (Wildman–Crippen LogP) is 5.73. The first-order valence-corrected chi connectivity index (χ1v) is 9.41. The van der Waals surface area contributed by atoms with Gasteiger partial charge in [-0.2, -0.15) is 10.2 Å². The minimum absolute atomic E-state index is 0.0665. The van der Waals surface area contributed by atoms with Crippen LogP contribution in [-0.2, 0) is 0 Å². The molecule has 0 aliphatic heterocycles. The largest absolute Gasteiger partial charge is 0.435 e. The maximum absolute atomic E-state index is 12.6. The van der Waals surface area contributed by atoms with Gasteiger partial charge in [0, 0.05) is 28.8 Å². The van der Waals surface area contributed by atoms with E-state index in [9.17, 15) is 9.59 Å². The van der Waals surface area contributed by atoms with Gasteiger partial charge >= 0.3 is 0 Å². The lowest BCUT2D eigenvalue weighted by Crippen LogP contribution is -2.00. The zero-order valence-corrected chi connectivity index (χ0v) is 16.4. The summed E-state index contributed by atoms with van der Waals surface area (Å²) in [4.78, 5) is 29.4. The van der Waals surface area contributed by atoms with Crippen LogP contribution in [-0.4, -0.2) is 16.6 Å². The third-order valence-electron chi connectivity index (χ3n) is 4.71. The number of hydrogen-bond donors (Lipinski definition) is 0. The number of halogens is 2. The van der Waals surface area contributed by atoms with Crippen LogP contribution in [0.4, 0.5) is 0 Å². The van der Waals surface area contributed by atoms with E-state index in [1.165, 1.54) is 18.2 Å². The molecular formula is C22H8Cl2N2O4. The first kappa shape index (κ1) is 18.4. The number of aromatic nitrogens is 1. The van der Waals surface area contributed by atoms with Gasteiger partial charge in [0.1, 0.15) is 5.76 Å². The highest BCUT2D eigenvalue weighted by Gasteiger charge is 2.34. The number of rotatable bonds is 2. The number of hydrogen-bond acceptors (Lipinski definition) is 6. The molecule has 1 aliphatic carbocycles. The van der Waals surface area contributed by atoms with E-state index in [4.69, 9.17) is 37.3 Å². The number of carbonyl (C=O) groups excluding carboxylic acids is 2. The molecule has 2 heterocycles. The van der Waals surface area contributed by atoms with Crippen LogP contribution in [0, 0.1) is 11.3 Å². The molecule has 0 atom stereocenters. The van der Waals surface area contributed by atoms with Crippen molar-refractivity contribution in [3.63, 3.8) is 0 Å². The zero-order chi connectivity index (χ0) is 21.0. The monoisotopic (exact) mass is 434 g/mol. The van der Waals surface area contributed by atoms with E-state index in [2.05, 4.69) is 11.1 Å². The number of allylic oxidation sites excluding steroid dienone is 1. The lowest BCUT2D eigenvalue weighted by molar-refractivity contribution is 0.0990. The van der Waals surface area contributed by atoms with Crippen molar-refractivity contribution < 1.29 is 18.4 Å². The predicted molar refractivity (Wildman–Crippen MR) is 110 cm³/mol. The van der Waals surface area contributed by atoms with Crippen molar-refractivity contribution in [2.45, 2.75) is 0 Å². The first-order valence-electron chi connectivity index (χ1n) is 8.65. The Hall–Kier alpha value is -3.66. The van der Waals surface area contributed by atoms with Gasteiger partial charge in [-0.05, 0) is 36.4 Å². The number of nitriles is 1. The average molecular weight is 435 g/mol. The van der Waals surface area contributed by atoms with Crippen molar-refractivity contribution in [1.82, 2.24) is 4.98 Å². The summed E-state index contributed by atoms with van der Waals surface area (Å²) >= 11 is 11.9. The van der Waals surface area contributed by atoms with E-state index in [-0.39, 0.29) is 38.3 Å². The highest BCUT2D eigenvalue weighted by atomic mass is 35.5. The fourth-order valence-electron chi connectivity index (χ4n) is 3.23. The molecule has 5 rings (SSSR count). The smallest absolute Gasteiger partial charge is 0.266 e. The van der Waals surface area contributed by atoms with Crippen LogP contribution in [0.5, 0.6) is 0 Å². The minimum atomic E-state index is -0.471. The van der Waals surface area contributed by atoms with E-state index in [0.29, 0.717) is 16.9 Å². The van der Waals surface area contributed by atoms with E-state index in [1.807, 2.05) is 0 Å². The van der Waals surface area contributed by atoms with E-state index in [0.717, 1.165) is 5.56 Å². The van der Waals surface area contributed by atoms with Crippen LogP contribution in [0.3, 0.4) is 0 Å². The second-order valence-corrected chi connectivity index (χ2v) is 7.36. The second-order valence-electron chi connectivity index (χ2n) is 6.55. The van der Waals surface area contributed by atoms with Crippen molar-refractivity contribution in [1.29, 1.82) is 5.26 Å². The Bertz CT molecular complexity index is 1380. The Morgan fingerprint density at radius 1 is 0.933 bits per heavy atom. The Balaban J connectivity index is 1.49. The lowest BCUT2D eigenvalue weighted by Gasteiger charge is -1.98. The van der Waals surface area contributed by atoms with Crippen molar-refractivity contribution in [2.75, 3.05) is 0 Å².